The molecule has 2 heterocycles. The Morgan fingerprint density at radius 2 is 1.97 bits per heavy atom. The van der Waals surface area contributed by atoms with Gasteiger partial charge in [0.05, 0.1) is 23.4 Å². The van der Waals surface area contributed by atoms with Crippen molar-refractivity contribution in [3.63, 3.8) is 0 Å². The van der Waals surface area contributed by atoms with Crippen molar-refractivity contribution < 1.29 is 9.53 Å². The van der Waals surface area contributed by atoms with E-state index < -0.39 is 0 Å². The Kier molecular flexibility index (Phi) is 6.73. The van der Waals surface area contributed by atoms with E-state index in [0.717, 1.165) is 53.8 Å². The molecule has 2 aromatic carbocycles. The molecule has 4 rings (SSSR count). The van der Waals surface area contributed by atoms with E-state index in [4.69, 9.17) is 9.72 Å². The maximum absolute atomic E-state index is 13.5. The van der Waals surface area contributed by atoms with Gasteiger partial charge in [-0.1, -0.05) is 17.4 Å². The first-order valence-electron chi connectivity index (χ1n) is 10.2. The zero-order valence-corrected chi connectivity index (χ0v) is 19.3. The summed E-state index contributed by atoms with van der Waals surface area (Å²) in [5.41, 5.74) is 3.97. The first-order chi connectivity index (χ1) is 14.5. The minimum absolute atomic E-state index is 0.00973. The number of aryl methyl sites for hydroxylation is 2. The van der Waals surface area contributed by atoms with Crippen molar-refractivity contribution in [2.24, 2.45) is 0 Å². The summed E-state index contributed by atoms with van der Waals surface area (Å²) in [4.78, 5) is 23.7. The minimum atomic E-state index is 0.00973. The third-order valence-corrected chi connectivity index (χ3v) is 7.32. The van der Waals surface area contributed by atoms with Gasteiger partial charge in [-0.3, -0.25) is 14.6 Å². The average Bonchev–Trinajstić information content (AvgIpc) is 3.19. The Balaban J connectivity index is 1.65. The first-order valence-corrected chi connectivity index (χ1v) is 12.2. The fourth-order valence-corrected chi connectivity index (χ4v) is 5.06. The fraction of sp³-hybridized carbons (Fsp3) is 0.391. The third-order valence-electron chi connectivity index (χ3n) is 5.56. The molecule has 0 atom stereocenters. The SMILES string of the molecule is CSc1ccc2nc(N(CCN3CCOCC3)C(=O)c3ccc(C)c(C)c3)sc2c1. The molecule has 1 fully saturated rings. The number of nitrogens with zero attached hydrogens (tertiary/aromatic N) is 3. The number of ether oxygens (including phenoxy) is 1. The van der Waals surface area contributed by atoms with E-state index in [1.165, 1.54) is 10.5 Å². The summed E-state index contributed by atoms with van der Waals surface area (Å²) in [5.74, 6) is 0.00973. The Hall–Kier alpha value is -1.93. The van der Waals surface area contributed by atoms with Crippen molar-refractivity contribution in [3.8, 4) is 0 Å². The van der Waals surface area contributed by atoms with Crippen LogP contribution in [0.3, 0.4) is 0 Å². The van der Waals surface area contributed by atoms with Gasteiger partial charge in [-0.15, -0.1) is 11.8 Å². The third kappa shape index (κ3) is 4.70. The fourth-order valence-electron chi connectivity index (χ4n) is 3.52. The second-order valence-electron chi connectivity index (χ2n) is 7.54. The Labute approximate surface area is 186 Å². The molecule has 1 amide bonds. The highest BCUT2D eigenvalue weighted by Gasteiger charge is 2.23. The molecule has 7 heteroatoms. The number of hydrogen-bond donors (Lipinski definition) is 0. The Bertz CT molecular complexity index is 1040. The van der Waals surface area contributed by atoms with Gasteiger partial charge in [0, 0.05) is 36.6 Å². The molecule has 0 N–H and O–H groups in total. The molecule has 0 bridgehead atoms. The van der Waals surface area contributed by atoms with Crippen LogP contribution < -0.4 is 4.90 Å². The standard InChI is InChI=1S/C23H27N3O2S2/c1-16-4-5-18(14-17(16)2)22(27)26(9-8-25-10-12-28-13-11-25)23-24-20-7-6-19(29-3)15-21(20)30-23/h4-7,14-15H,8-13H2,1-3H3. The number of thiazole rings is 1. The van der Waals surface area contributed by atoms with Crippen LogP contribution in [0.4, 0.5) is 5.13 Å². The number of hydrogen-bond acceptors (Lipinski definition) is 6. The van der Waals surface area contributed by atoms with Gasteiger partial charge in [-0.05, 0) is 61.6 Å². The highest BCUT2D eigenvalue weighted by molar-refractivity contribution is 7.98. The Morgan fingerprint density at radius 1 is 1.17 bits per heavy atom. The zero-order valence-electron chi connectivity index (χ0n) is 17.7. The van der Waals surface area contributed by atoms with Gasteiger partial charge in [-0.2, -0.15) is 0 Å². The second kappa shape index (κ2) is 9.47. The van der Waals surface area contributed by atoms with Crippen LogP contribution in [-0.4, -0.2) is 61.4 Å². The molecule has 158 valence electrons. The molecule has 0 saturated carbocycles. The van der Waals surface area contributed by atoms with Crippen molar-refractivity contribution in [1.29, 1.82) is 0 Å². The molecular weight excluding hydrogens is 414 g/mol. The quantitative estimate of drug-likeness (QED) is 0.523. The lowest BCUT2D eigenvalue weighted by molar-refractivity contribution is 0.0391. The molecular formula is C23H27N3O2S2. The normalized spacial score (nSPS) is 14.9. The molecule has 1 aromatic heterocycles. The van der Waals surface area contributed by atoms with Crippen LogP contribution in [0, 0.1) is 13.8 Å². The van der Waals surface area contributed by atoms with E-state index in [9.17, 15) is 4.79 Å². The largest absolute Gasteiger partial charge is 0.379 e. The Morgan fingerprint density at radius 3 is 2.70 bits per heavy atom. The summed E-state index contributed by atoms with van der Waals surface area (Å²) in [6.07, 6.45) is 2.07. The molecule has 30 heavy (non-hydrogen) atoms. The summed E-state index contributed by atoms with van der Waals surface area (Å²) >= 11 is 3.31. The van der Waals surface area contributed by atoms with Crippen molar-refractivity contribution >= 4 is 44.4 Å². The number of morpholine rings is 1. The number of amides is 1. The summed E-state index contributed by atoms with van der Waals surface area (Å²) < 4.78 is 6.57. The number of thioether (sulfide) groups is 1. The van der Waals surface area contributed by atoms with Crippen LogP contribution >= 0.6 is 23.1 Å². The number of fused-ring (bicyclic) bond motifs is 1. The maximum Gasteiger partial charge on any atom is 0.260 e. The van der Waals surface area contributed by atoms with Gasteiger partial charge >= 0.3 is 0 Å². The van der Waals surface area contributed by atoms with E-state index in [1.807, 2.05) is 36.1 Å². The van der Waals surface area contributed by atoms with Crippen molar-refractivity contribution in [3.05, 3.63) is 53.1 Å². The molecule has 0 aliphatic carbocycles. The van der Waals surface area contributed by atoms with Crippen LogP contribution in [0.1, 0.15) is 21.5 Å². The first kappa shape index (κ1) is 21.3. The minimum Gasteiger partial charge on any atom is -0.379 e. The lowest BCUT2D eigenvalue weighted by Crippen LogP contribution is -2.43. The molecule has 1 aliphatic rings. The predicted molar refractivity (Wildman–Crippen MR) is 126 cm³/mol. The van der Waals surface area contributed by atoms with E-state index in [-0.39, 0.29) is 5.91 Å². The summed E-state index contributed by atoms with van der Waals surface area (Å²) in [7, 11) is 0. The number of carbonyl (C=O) groups is 1. The average molecular weight is 442 g/mol. The zero-order chi connectivity index (χ0) is 21.1. The lowest BCUT2D eigenvalue weighted by atomic mass is 10.1. The topological polar surface area (TPSA) is 45.7 Å². The molecule has 0 spiro atoms. The van der Waals surface area contributed by atoms with Crippen LogP contribution in [-0.2, 0) is 4.74 Å². The molecule has 0 radical (unpaired) electrons. The van der Waals surface area contributed by atoms with E-state index in [0.29, 0.717) is 12.1 Å². The molecule has 5 nitrogen and oxygen atoms in total. The van der Waals surface area contributed by atoms with Crippen molar-refractivity contribution in [1.82, 2.24) is 9.88 Å². The van der Waals surface area contributed by atoms with Gasteiger partial charge in [-0.25, -0.2) is 4.98 Å². The molecule has 0 unspecified atom stereocenters. The number of rotatable bonds is 6. The second-order valence-corrected chi connectivity index (χ2v) is 9.43. The van der Waals surface area contributed by atoms with Gasteiger partial charge in [0.15, 0.2) is 5.13 Å². The number of aromatic nitrogens is 1. The van der Waals surface area contributed by atoms with Crippen molar-refractivity contribution in [2.75, 3.05) is 50.5 Å². The molecule has 3 aromatic rings. The van der Waals surface area contributed by atoms with Crippen LogP contribution in [0.15, 0.2) is 41.3 Å². The van der Waals surface area contributed by atoms with E-state index in [1.54, 1.807) is 23.1 Å². The molecule has 1 aliphatic heterocycles. The van der Waals surface area contributed by atoms with Crippen LogP contribution in [0.5, 0.6) is 0 Å². The molecule has 1 saturated heterocycles. The number of carbonyl (C=O) groups excluding carboxylic acids is 1. The van der Waals surface area contributed by atoms with Crippen LogP contribution in [0.2, 0.25) is 0 Å². The number of anilines is 1. The van der Waals surface area contributed by atoms with Gasteiger partial charge in [0.25, 0.3) is 5.91 Å². The maximum atomic E-state index is 13.5. The highest BCUT2D eigenvalue weighted by atomic mass is 32.2. The van der Waals surface area contributed by atoms with Gasteiger partial charge < -0.3 is 4.74 Å². The summed E-state index contributed by atoms with van der Waals surface area (Å²) in [6.45, 7) is 8.86. The summed E-state index contributed by atoms with van der Waals surface area (Å²) in [6, 6.07) is 12.2. The van der Waals surface area contributed by atoms with Gasteiger partial charge in [0.1, 0.15) is 0 Å². The van der Waals surface area contributed by atoms with Gasteiger partial charge in [0.2, 0.25) is 0 Å². The number of benzene rings is 2. The predicted octanol–water partition coefficient (Wildman–Crippen LogP) is 4.61. The lowest BCUT2D eigenvalue weighted by Gasteiger charge is -2.29. The van der Waals surface area contributed by atoms with Crippen molar-refractivity contribution in [2.45, 2.75) is 18.7 Å². The summed E-state index contributed by atoms with van der Waals surface area (Å²) in [5, 5.41) is 0.764. The highest BCUT2D eigenvalue weighted by Crippen LogP contribution is 2.32. The van der Waals surface area contributed by atoms with E-state index >= 15 is 0 Å². The van der Waals surface area contributed by atoms with Crippen LogP contribution in [0.25, 0.3) is 10.2 Å². The van der Waals surface area contributed by atoms with E-state index in [2.05, 4.69) is 30.2 Å². The smallest absolute Gasteiger partial charge is 0.260 e. The monoisotopic (exact) mass is 441 g/mol.